The normalized spacial score (nSPS) is 12.5. The van der Waals surface area contributed by atoms with Crippen LogP contribution in [0.3, 0.4) is 0 Å². The minimum absolute atomic E-state index is 0.377. The van der Waals surface area contributed by atoms with Crippen molar-refractivity contribution >= 4 is 11.4 Å². The van der Waals surface area contributed by atoms with Crippen molar-refractivity contribution in [1.82, 2.24) is 0 Å². The highest BCUT2D eigenvalue weighted by Gasteiger charge is 1.98. The molecule has 0 heterocycles. The van der Waals surface area contributed by atoms with Gasteiger partial charge < -0.3 is 10.6 Å². The van der Waals surface area contributed by atoms with Crippen LogP contribution in [0.15, 0.2) is 70.6 Å². The molecule has 0 atom stereocenters. The largest absolute Gasteiger partial charge is 0.381 e. The summed E-state index contributed by atoms with van der Waals surface area (Å²) in [4.78, 5) is 9.55. The fraction of sp³-hybridized carbons (Fsp3) is 0.391. The summed E-state index contributed by atoms with van der Waals surface area (Å²) < 4.78 is 0. The summed E-state index contributed by atoms with van der Waals surface area (Å²) >= 11 is 0. The van der Waals surface area contributed by atoms with E-state index in [2.05, 4.69) is 62.6 Å². The summed E-state index contributed by atoms with van der Waals surface area (Å²) in [5.74, 6) is 0. The molecule has 0 aliphatic carbocycles. The molecule has 0 spiro atoms. The van der Waals surface area contributed by atoms with Gasteiger partial charge in [-0.1, -0.05) is 36.4 Å². The summed E-state index contributed by atoms with van der Waals surface area (Å²) in [6.07, 6.45) is 0.916. The molecule has 0 aromatic heterocycles. The Labute approximate surface area is 163 Å². The molecule has 0 saturated carbocycles. The summed E-state index contributed by atoms with van der Waals surface area (Å²) in [6, 6.07) is 21.2. The number of anilines is 2. The smallest absolute Gasteiger partial charge is 0.0805 e. The lowest BCUT2D eigenvalue weighted by atomic mass is 10.3. The Kier molecular flexibility index (Phi) is 8.56. The fourth-order valence-electron chi connectivity index (χ4n) is 2.69. The van der Waals surface area contributed by atoms with Gasteiger partial charge in [0.1, 0.15) is 0 Å². The van der Waals surface area contributed by atoms with Crippen molar-refractivity contribution in [2.45, 2.75) is 46.2 Å². The quantitative estimate of drug-likeness (QED) is 0.689. The molecule has 2 aromatic carbocycles. The molecule has 0 fully saturated rings. The Bertz CT molecular complexity index is 770. The molecule has 0 radical (unpaired) electrons. The van der Waals surface area contributed by atoms with Crippen molar-refractivity contribution in [3.8, 4) is 0 Å². The second-order valence-electron chi connectivity index (χ2n) is 7.13. The van der Waals surface area contributed by atoms with Gasteiger partial charge in [-0.3, -0.25) is 9.98 Å². The standard InChI is InChI=1S/C23H32N4/c1-18(2)26-22-14-9-5-7-12-20(22)24-16-11-17-25-21-13-8-6-10-15-23(21)27-19(3)4/h5-10,12-15,18-19H,11,16-17H2,1-4H3,(H,24,26)(H,25,27). The number of hydrogen-bond acceptors (Lipinski definition) is 4. The number of hydrogen-bond donors (Lipinski definition) is 2. The van der Waals surface area contributed by atoms with E-state index in [9.17, 15) is 0 Å². The molecule has 0 bridgehead atoms. The number of rotatable bonds is 8. The van der Waals surface area contributed by atoms with Crippen LogP contribution in [0, 0.1) is 0 Å². The molecule has 4 nitrogen and oxygen atoms in total. The maximum Gasteiger partial charge on any atom is 0.0805 e. The number of nitrogens with zero attached hydrogens (tertiary/aromatic N) is 2. The Morgan fingerprint density at radius 3 is 1.44 bits per heavy atom. The van der Waals surface area contributed by atoms with Gasteiger partial charge in [-0.2, -0.15) is 0 Å². The highest BCUT2D eigenvalue weighted by atomic mass is 14.9. The molecule has 144 valence electrons. The van der Waals surface area contributed by atoms with Gasteiger partial charge >= 0.3 is 0 Å². The molecule has 0 amide bonds. The van der Waals surface area contributed by atoms with Gasteiger partial charge in [0.2, 0.25) is 0 Å². The van der Waals surface area contributed by atoms with Crippen molar-refractivity contribution in [1.29, 1.82) is 0 Å². The van der Waals surface area contributed by atoms with Crippen molar-refractivity contribution in [3.63, 3.8) is 0 Å². The molecule has 4 heteroatoms. The van der Waals surface area contributed by atoms with E-state index >= 15 is 0 Å². The van der Waals surface area contributed by atoms with Crippen LogP contribution in [0.4, 0.5) is 11.4 Å². The lowest BCUT2D eigenvalue weighted by molar-refractivity contribution is 0.812. The van der Waals surface area contributed by atoms with Crippen LogP contribution >= 0.6 is 0 Å². The average molecular weight is 365 g/mol. The highest BCUT2D eigenvalue weighted by molar-refractivity contribution is 5.42. The second-order valence-corrected chi connectivity index (χ2v) is 7.13. The van der Waals surface area contributed by atoms with Crippen LogP contribution in [0.25, 0.3) is 0 Å². The zero-order valence-corrected chi connectivity index (χ0v) is 16.9. The van der Waals surface area contributed by atoms with Gasteiger partial charge in [0.25, 0.3) is 0 Å². The Morgan fingerprint density at radius 2 is 1.04 bits per heavy atom. The Balaban J connectivity index is 2.09. The molecule has 0 aliphatic heterocycles. The lowest BCUT2D eigenvalue weighted by Gasteiger charge is -2.09. The fourth-order valence-corrected chi connectivity index (χ4v) is 2.69. The molecule has 2 N–H and O–H groups in total. The third-order valence-corrected chi connectivity index (χ3v) is 3.80. The van der Waals surface area contributed by atoms with Crippen LogP contribution in [0.2, 0.25) is 0 Å². The van der Waals surface area contributed by atoms with Crippen LogP contribution < -0.4 is 21.3 Å². The summed E-state index contributed by atoms with van der Waals surface area (Å²) in [6.45, 7) is 10.1. The van der Waals surface area contributed by atoms with Crippen LogP contribution in [0.5, 0.6) is 0 Å². The SMILES string of the molecule is CC(C)Nc1cccccc1=NCCCN=c1cccccc1NC(C)C. The first-order valence-corrected chi connectivity index (χ1v) is 9.79. The van der Waals surface area contributed by atoms with Crippen molar-refractivity contribution in [2.75, 3.05) is 23.7 Å². The zero-order valence-electron chi connectivity index (χ0n) is 16.9. The number of nitrogens with one attached hydrogen (secondary N) is 2. The van der Waals surface area contributed by atoms with Gasteiger partial charge in [0.15, 0.2) is 0 Å². The molecule has 2 aromatic rings. The van der Waals surface area contributed by atoms with Gasteiger partial charge in [0.05, 0.1) is 22.1 Å². The monoisotopic (exact) mass is 364 g/mol. The molecule has 0 saturated heterocycles. The van der Waals surface area contributed by atoms with E-state index in [1.54, 1.807) is 0 Å². The predicted molar refractivity (Wildman–Crippen MR) is 116 cm³/mol. The first-order chi connectivity index (χ1) is 13.1. The van der Waals surface area contributed by atoms with E-state index in [1.807, 2.05) is 36.4 Å². The molecular formula is C23H32N4. The Hall–Kier alpha value is -2.62. The Morgan fingerprint density at radius 1 is 0.630 bits per heavy atom. The van der Waals surface area contributed by atoms with Crippen molar-refractivity contribution in [2.24, 2.45) is 9.98 Å². The molecule has 0 unspecified atom stereocenters. The second kappa shape index (κ2) is 11.2. The molecule has 0 aliphatic rings. The van der Waals surface area contributed by atoms with E-state index < -0.39 is 0 Å². The van der Waals surface area contributed by atoms with Crippen molar-refractivity contribution < 1.29 is 0 Å². The molecule has 2 rings (SSSR count). The summed E-state index contributed by atoms with van der Waals surface area (Å²) in [7, 11) is 0. The average Bonchev–Trinajstić information content (AvgIpc) is 2.95. The van der Waals surface area contributed by atoms with Gasteiger partial charge in [-0.15, -0.1) is 0 Å². The van der Waals surface area contributed by atoms with E-state index in [1.165, 1.54) is 0 Å². The van der Waals surface area contributed by atoms with Gasteiger partial charge in [-0.05, 0) is 58.4 Å². The lowest BCUT2D eigenvalue weighted by Crippen LogP contribution is -2.17. The summed E-state index contributed by atoms with van der Waals surface area (Å²) in [5.41, 5.74) is 2.15. The molecule has 27 heavy (non-hydrogen) atoms. The topological polar surface area (TPSA) is 48.8 Å². The third-order valence-electron chi connectivity index (χ3n) is 3.80. The molecular weight excluding hydrogens is 332 g/mol. The van der Waals surface area contributed by atoms with Crippen LogP contribution in [-0.4, -0.2) is 25.2 Å². The van der Waals surface area contributed by atoms with E-state index in [0.717, 1.165) is 41.6 Å². The van der Waals surface area contributed by atoms with Crippen LogP contribution in [0.1, 0.15) is 34.1 Å². The zero-order chi connectivity index (χ0) is 19.5. The van der Waals surface area contributed by atoms with E-state index in [-0.39, 0.29) is 0 Å². The van der Waals surface area contributed by atoms with Gasteiger partial charge in [-0.25, -0.2) is 0 Å². The van der Waals surface area contributed by atoms with E-state index in [4.69, 9.17) is 9.98 Å². The first-order valence-electron chi connectivity index (χ1n) is 9.79. The first kappa shape index (κ1) is 20.7. The highest BCUT2D eigenvalue weighted by Crippen LogP contribution is 2.01. The summed E-state index contributed by atoms with van der Waals surface area (Å²) in [5, 5.41) is 8.93. The maximum absolute atomic E-state index is 4.78. The van der Waals surface area contributed by atoms with Gasteiger partial charge in [0, 0.05) is 25.2 Å². The third kappa shape index (κ3) is 7.65. The van der Waals surface area contributed by atoms with Crippen LogP contribution in [-0.2, 0) is 0 Å². The minimum Gasteiger partial charge on any atom is -0.381 e. The predicted octanol–water partition coefficient (Wildman–Crippen LogP) is 4.22. The van der Waals surface area contributed by atoms with E-state index in [0.29, 0.717) is 12.1 Å². The van der Waals surface area contributed by atoms with Crippen molar-refractivity contribution in [3.05, 3.63) is 71.4 Å². The maximum atomic E-state index is 4.78. The minimum atomic E-state index is 0.377.